The average molecular weight is 431 g/mol. The number of hydrogen-bond donors (Lipinski definition) is 0. The van der Waals surface area contributed by atoms with Gasteiger partial charge in [0.2, 0.25) is 0 Å². The number of benzene rings is 3. The molecule has 0 aliphatic rings. The van der Waals surface area contributed by atoms with Gasteiger partial charge in [-0.25, -0.2) is 9.59 Å². The Morgan fingerprint density at radius 3 is 1.84 bits per heavy atom. The lowest BCUT2D eigenvalue weighted by molar-refractivity contribution is 0.0447. The summed E-state index contributed by atoms with van der Waals surface area (Å²) in [7, 11) is 0. The van der Waals surface area contributed by atoms with Gasteiger partial charge in [0.1, 0.15) is 5.75 Å². The smallest absolute Gasteiger partial charge is 0.343 e. The van der Waals surface area contributed by atoms with E-state index in [1.807, 2.05) is 36.4 Å². The highest BCUT2D eigenvalue weighted by molar-refractivity contribution is 5.91. The van der Waals surface area contributed by atoms with E-state index in [-0.39, 0.29) is 11.9 Å². The molecular formula is C28H30O4. The van der Waals surface area contributed by atoms with Crippen LogP contribution in [0.2, 0.25) is 0 Å². The van der Waals surface area contributed by atoms with E-state index in [0.29, 0.717) is 29.4 Å². The van der Waals surface area contributed by atoms with Crippen molar-refractivity contribution in [1.29, 1.82) is 0 Å². The first kappa shape index (κ1) is 23.3. The minimum absolute atomic E-state index is 0.304. The molecule has 0 spiro atoms. The standard InChI is InChI=1S/C28H30O4/c1-4-6-21-7-9-25(10-8-21)28(30)32-26-17-15-23(16-18-26)22-11-13-24(14-12-22)27(29)31-19-20(3)5-2/h7-18,20H,4-6,19H2,1-3H3. The first-order valence-electron chi connectivity index (χ1n) is 11.2. The van der Waals surface area contributed by atoms with Gasteiger partial charge < -0.3 is 9.47 Å². The zero-order valence-electron chi connectivity index (χ0n) is 19.0. The van der Waals surface area contributed by atoms with Crippen LogP contribution in [0.4, 0.5) is 0 Å². The minimum Gasteiger partial charge on any atom is -0.462 e. The van der Waals surface area contributed by atoms with Crippen molar-refractivity contribution in [2.75, 3.05) is 6.61 Å². The average Bonchev–Trinajstić information content (AvgIpc) is 2.83. The zero-order chi connectivity index (χ0) is 22.9. The van der Waals surface area contributed by atoms with E-state index >= 15 is 0 Å². The van der Waals surface area contributed by atoms with Gasteiger partial charge in [-0.1, -0.05) is 70.0 Å². The van der Waals surface area contributed by atoms with Gasteiger partial charge in [0.25, 0.3) is 0 Å². The van der Waals surface area contributed by atoms with E-state index in [4.69, 9.17) is 9.47 Å². The van der Waals surface area contributed by atoms with Crippen LogP contribution in [0.5, 0.6) is 5.75 Å². The number of hydrogen-bond acceptors (Lipinski definition) is 4. The highest BCUT2D eigenvalue weighted by Gasteiger charge is 2.11. The van der Waals surface area contributed by atoms with Crippen molar-refractivity contribution in [3.8, 4) is 16.9 Å². The van der Waals surface area contributed by atoms with Gasteiger partial charge in [0.05, 0.1) is 17.7 Å². The molecule has 1 unspecified atom stereocenters. The van der Waals surface area contributed by atoms with Crippen molar-refractivity contribution in [3.63, 3.8) is 0 Å². The van der Waals surface area contributed by atoms with E-state index in [1.54, 1.807) is 36.4 Å². The predicted molar refractivity (Wildman–Crippen MR) is 127 cm³/mol. The molecule has 166 valence electrons. The lowest BCUT2D eigenvalue weighted by atomic mass is 10.0. The maximum atomic E-state index is 12.4. The van der Waals surface area contributed by atoms with Crippen LogP contribution in [-0.4, -0.2) is 18.5 Å². The lowest BCUT2D eigenvalue weighted by Crippen LogP contribution is -2.11. The molecule has 4 nitrogen and oxygen atoms in total. The molecule has 4 heteroatoms. The minimum atomic E-state index is -0.374. The second kappa shape index (κ2) is 11.3. The molecule has 3 aromatic rings. The zero-order valence-corrected chi connectivity index (χ0v) is 19.0. The van der Waals surface area contributed by atoms with Crippen LogP contribution in [0.15, 0.2) is 72.8 Å². The topological polar surface area (TPSA) is 52.6 Å². The Morgan fingerprint density at radius 1 is 0.750 bits per heavy atom. The van der Waals surface area contributed by atoms with Crippen LogP contribution in [0.25, 0.3) is 11.1 Å². The van der Waals surface area contributed by atoms with Crippen molar-refractivity contribution in [2.45, 2.75) is 40.0 Å². The summed E-state index contributed by atoms with van der Waals surface area (Å²) < 4.78 is 10.8. The molecule has 0 N–H and O–H groups in total. The van der Waals surface area contributed by atoms with Crippen LogP contribution in [-0.2, 0) is 11.2 Å². The first-order valence-corrected chi connectivity index (χ1v) is 11.2. The molecule has 3 rings (SSSR count). The highest BCUT2D eigenvalue weighted by atomic mass is 16.5. The molecule has 0 fully saturated rings. The van der Waals surface area contributed by atoms with Crippen molar-refractivity contribution in [2.24, 2.45) is 5.92 Å². The molecule has 0 bridgehead atoms. The second-order valence-corrected chi connectivity index (χ2v) is 8.05. The van der Waals surface area contributed by atoms with E-state index in [0.717, 1.165) is 30.4 Å². The number of ether oxygens (including phenoxy) is 2. The molecule has 0 amide bonds. The maximum absolute atomic E-state index is 12.4. The summed E-state index contributed by atoms with van der Waals surface area (Å²) in [6.07, 6.45) is 3.04. The molecule has 0 aliphatic carbocycles. The number of esters is 2. The Bertz CT molecular complexity index is 1020. The fourth-order valence-corrected chi connectivity index (χ4v) is 3.20. The summed E-state index contributed by atoms with van der Waals surface area (Å²) in [5, 5.41) is 0. The largest absolute Gasteiger partial charge is 0.462 e. The van der Waals surface area contributed by atoms with Gasteiger partial charge in [0.15, 0.2) is 0 Å². The summed E-state index contributed by atoms with van der Waals surface area (Å²) in [6.45, 7) is 6.69. The molecule has 0 saturated carbocycles. The van der Waals surface area contributed by atoms with E-state index in [9.17, 15) is 9.59 Å². The number of carbonyl (C=O) groups excluding carboxylic acids is 2. The fraction of sp³-hybridized carbons (Fsp3) is 0.286. The molecule has 3 aromatic carbocycles. The van der Waals surface area contributed by atoms with Crippen molar-refractivity contribution < 1.29 is 19.1 Å². The van der Waals surface area contributed by atoms with Crippen LogP contribution in [0, 0.1) is 5.92 Å². The Kier molecular flexibility index (Phi) is 8.20. The maximum Gasteiger partial charge on any atom is 0.343 e. The third-order valence-corrected chi connectivity index (χ3v) is 5.44. The van der Waals surface area contributed by atoms with E-state index in [1.165, 1.54) is 5.56 Å². The number of carbonyl (C=O) groups is 2. The third kappa shape index (κ3) is 6.30. The third-order valence-electron chi connectivity index (χ3n) is 5.44. The van der Waals surface area contributed by atoms with Gasteiger partial charge >= 0.3 is 11.9 Å². The molecule has 0 radical (unpaired) electrons. The van der Waals surface area contributed by atoms with Crippen LogP contribution in [0.1, 0.15) is 59.9 Å². The van der Waals surface area contributed by atoms with Crippen LogP contribution >= 0.6 is 0 Å². The summed E-state index contributed by atoms with van der Waals surface area (Å²) in [5.74, 6) is 0.163. The van der Waals surface area contributed by atoms with Crippen molar-refractivity contribution in [1.82, 2.24) is 0 Å². The molecule has 32 heavy (non-hydrogen) atoms. The van der Waals surface area contributed by atoms with E-state index < -0.39 is 0 Å². The highest BCUT2D eigenvalue weighted by Crippen LogP contribution is 2.24. The Morgan fingerprint density at radius 2 is 1.28 bits per heavy atom. The summed E-state index contributed by atoms with van der Waals surface area (Å²) >= 11 is 0. The van der Waals surface area contributed by atoms with Gasteiger partial charge in [-0.3, -0.25) is 0 Å². The van der Waals surface area contributed by atoms with Crippen LogP contribution in [0.3, 0.4) is 0 Å². The molecule has 0 aliphatic heterocycles. The van der Waals surface area contributed by atoms with Crippen molar-refractivity contribution in [3.05, 3.63) is 89.5 Å². The van der Waals surface area contributed by atoms with Crippen LogP contribution < -0.4 is 4.74 Å². The summed E-state index contributed by atoms with van der Waals surface area (Å²) in [4.78, 5) is 24.5. The summed E-state index contributed by atoms with van der Waals surface area (Å²) in [5.41, 5.74) is 4.21. The van der Waals surface area contributed by atoms with Gasteiger partial charge in [0, 0.05) is 0 Å². The molecule has 1 atom stereocenters. The van der Waals surface area contributed by atoms with Gasteiger partial charge in [-0.2, -0.15) is 0 Å². The Balaban J connectivity index is 1.60. The SMILES string of the molecule is CCCc1ccc(C(=O)Oc2ccc(-c3ccc(C(=O)OCC(C)CC)cc3)cc2)cc1. The molecule has 0 aromatic heterocycles. The Labute approximate surface area is 190 Å². The van der Waals surface area contributed by atoms with Crippen molar-refractivity contribution >= 4 is 11.9 Å². The number of rotatable bonds is 9. The fourth-order valence-electron chi connectivity index (χ4n) is 3.20. The number of aryl methyl sites for hydroxylation is 1. The normalized spacial score (nSPS) is 11.6. The lowest BCUT2D eigenvalue weighted by Gasteiger charge is -2.10. The predicted octanol–water partition coefficient (Wildman–Crippen LogP) is 6.73. The molecule has 0 saturated heterocycles. The second-order valence-electron chi connectivity index (χ2n) is 8.05. The summed E-state index contributed by atoms with van der Waals surface area (Å²) in [6, 6.07) is 22.2. The monoisotopic (exact) mass is 430 g/mol. The first-order chi connectivity index (χ1) is 15.5. The quantitative estimate of drug-likeness (QED) is 0.279. The Hall–Kier alpha value is -3.40. The van der Waals surface area contributed by atoms with Gasteiger partial charge in [-0.05, 0) is 65.4 Å². The molecular weight excluding hydrogens is 400 g/mol. The van der Waals surface area contributed by atoms with Gasteiger partial charge in [-0.15, -0.1) is 0 Å². The molecule has 0 heterocycles. The van der Waals surface area contributed by atoms with E-state index in [2.05, 4.69) is 20.8 Å².